The molecule has 4 nitrogen and oxygen atoms in total. The second-order valence-electron chi connectivity index (χ2n) is 3.71. The molecule has 1 aliphatic rings. The lowest BCUT2D eigenvalue weighted by Gasteiger charge is -2.12. The average Bonchev–Trinajstić information content (AvgIpc) is 2.57. The topological polar surface area (TPSA) is 58.6 Å². The van der Waals surface area contributed by atoms with Gasteiger partial charge in [0.05, 0.1) is 13.2 Å². The third-order valence-electron chi connectivity index (χ3n) is 2.75. The molecule has 1 unspecified atom stereocenters. The van der Waals surface area contributed by atoms with Gasteiger partial charge < -0.3 is 15.2 Å². The van der Waals surface area contributed by atoms with E-state index in [4.69, 9.17) is 4.74 Å². The first-order valence-electron chi connectivity index (χ1n) is 4.98. The van der Waals surface area contributed by atoms with Gasteiger partial charge in [-0.2, -0.15) is 0 Å². The Morgan fingerprint density at radius 2 is 1.94 bits per heavy atom. The van der Waals surface area contributed by atoms with Gasteiger partial charge in [-0.1, -0.05) is 12.1 Å². The van der Waals surface area contributed by atoms with Gasteiger partial charge in [0.1, 0.15) is 5.75 Å². The number of benzene rings is 1. The van der Waals surface area contributed by atoms with Crippen LogP contribution in [0.4, 0.5) is 0 Å². The predicted octanol–water partition coefficient (Wildman–Crippen LogP) is 1.70. The largest absolute Gasteiger partial charge is 0.503 e. The van der Waals surface area contributed by atoms with Gasteiger partial charge in [-0.15, -0.1) is 0 Å². The molecule has 1 aliphatic heterocycles. The zero-order chi connectivity index (χ0) is 11.7. The van der Waals surface area contributed by atoms with Crippen LogP contribution < -0.4 is 10.1 Å². The zero-order valence-corrected chi connectivity index (χ0v) is 9.15. The van der Waals surface area contributed by atoms with Crippen LogP contribution in [0, 0.1) is 0 Å². The summed E-state index contributed by atoms with van der Waals surface area (Å²) in [6.07, 6.45) is 0. The van der Waals surface area contributed by atoms with Crippen molar-refractivity contribution in [2.75, 3.05) is 7.11 Å². The number of amides is 1. The fourth-order valence-corrected chi connectivity index (χ4v) is 1.75. The van der Waals surface area contributed by atoms with Gasteiger partial charge in [-0.3, -0.25) is 4.79 Å². The fraction of sp³-hybridized carbons (Fsp3) is 0.250. The lowest BCUT2D eigenvalue weighted by molar-refractivity contribution is -0.119. The molecule has 1 atom stereocenters. The second-order valence-corrected chi connectivity index (χ2v) is 3.71. The smallest absolute Gasteiger partial charge is 0.286 e. The molecule has 0 radical (unpaired) electrons. The summed E-state index contributed by atoms with van der Waals surface area (Å²) < 4.78 is 5.05. The molecule has 0 aliphatic carbocycles. The quantitative estimate of drug-likeness (QED) is 0.795. The van der Waals surface area contributed by atoms with Crippen LogP contribution in [0.5, 0.6) is 5.75 Å². The molecule has 0 saturated heterocycles. The maximum Gasteiger partial charge on any atom is 0.286 e. The Bertz CT molecular complexity index is 448. The lowest BCUT2D eigenvalue weighted by atomic mass is 10.0. The number of aliphatic hydroxyl groups excluding tert-OH is 1. The van der Waals surface area contributed by atoms with Gasteiger partial charge in [0.2, 0.25) is 0 Å². The van der Waals surface area contributed by atoms with Crippen molar-refractivity contribution in [3.63, 3.8) is 0 Å². The Morgan fingerprint density at radius 1 is 1.31 bits per heavy atom. The van der Waals surface area contributed by atoms with E-state index < -0.39 is 5.91 Å². The summed E-state index contributed by atoms with van der Waals surface area (Å²) in [5.74, 6) is 0.165. The minimum absolute atomic E-state index is 0.180. The normalized spacial score (nSPS) is 19.9. The van der Waals surface area contributed by atoms with E-state index in [-0.39, 0.29) is 11.8 Å². The van der Waals surface area contributed by atoms with Gasteiger partial charge in [0.15, 0.2) is 5.76 Å². The molecule has 0 saturated carbocycles. The number of carbonyl (C=O) groups is 1. The Kier molecular flexibility index (Phi) is 2.56. The van der Waals surface area contributed by atoms with E-state index in [1.807, 2.05) is 24.3 Å². The van der Waals surface area contributed by atoms with Crippen LogP contribution >= 0.6 is 0 Å². The molecule has 2 rings (SSSR count). The van der Waals surface area contributed by atoms with Crippen molar-refractivity contribution in [1.29, 1.82) is 0 Å². The second kappa shape index (κ2) is 3.89. The summed E-state index contributed by atoms with van der Waals surface area (Å²) >= 11 is 0. The Hall–Kier alpha value is -1.97. The van der Waals surface area contributed by atoms with Gasteiger partial charge in [0, 0.05) is 5.57 Å². The summed E-state index contributed by atoms with van der Waals surface area (Å²) in [7, 11) is 1.60. The van der Waals surface area contributed by atoms with Crippen LogP contribution in [0.3, 0.4) is 0 Å². The SMILES string of the molecule is COc1ccc(C2NC(=O)C(O)=C2C)cc1. The number of carbonyl (C=O) groups excluding carboxylic acids is 1. The fourth-order valence-electron chi connectivity index (χ4n) is 1.75. The molecule has 1 aromatic carbocycles. The van der Waals surface area contributed by atoms with Crippen molar-refractivity contribution in [3.8, 4) is 5.75 Å². The van der Waals surface area contributed by atoms with E-state index in [1.54, 1.807) is 14.0 Å². The molecule has 1 heterocycles. The molecular formula is C12H13NO3. The van der Waals surface area contributed by atoms with Crippen molar-refractivity contribution < 1.29 is 14.6 Å². The molecule has 16 heavy (non-hydrogen) atoms. The minimum Gasteiger partial charge on any atom is -0.503 e. The monoisotopic (exact) mass is 219 g/mol. The molecule has 4 heteroatoms. The first-order chi connectivity index (χ1) is 7.63. The number of aliphatic hydroxyl groups is 1. The van der Waals surface area contributed by atoms with E-state index >= 15 is 0 Å². The minimum atomic E-state index is -0.418. The van der Waals surface area contributed by atoms with Crippen LogP contribution in [0.1, 0.15) is 18.5 Å². The molecule has 0 aromatic heterocycles. The van der Waals surface area contributed by atoms with Crippen molar-refractivity contribution in [2.45, 2.75) is 13.0 Å². The number of ether oxygens (including phenoxy) is 1. The highest BCUT2D eigenvalue weighted by Gasteiger charge is 2.29. The lowest BCUT2D eigenvalue weighted by Crippen LogP contribution is -2.21. The highest BCUT2D eigenvalue weighted by atomic mass is 16.5. The number of methoxy groups -OCH3 is 1. The Labute approximate surface area is 93.5 Å². The number of nitrogens with one attached hydrogen (secondary N) is 1. The van der Waals surface area contributed by atoms with Crippen molar-refractivity contribution in [1.82, 2.24) is 5.32 Å². The maximum atomic E-state index is 11.2. The van der Waals surface area contributed by atoms with E-state index in [0.717, 1.165) is 11.3 Å². The van der Waals surface area contributed by atoms with Crippen LogP contribution in [0.25, 0.3) is 0 Å². The van der Waals surface area contributed by atoms with Crippen LogP contribution in [-0.4, -0.2) is 18.1 Å². The highest BCUT2D eigenvalue weighted by molar-refractivity contribution is 5.95. The summed E-state index contributed by atoms with van der Waals surface area (Å²) in [4.78, 5) is 11.2. The molecular weight excluding hydrogens is 206 g/mol. The molecule has 1 amide bonds. The van der Waals surface area contributed by atoms with Crippen molar-refractivity contribution >= 4 is 5.91 Å². The van der Waals surface area contributed by atoms with Crippen LogP contribution in [0.15, 0.2) is 35.6 Å². The predicted molar refractivity (Wildman–Crippen MR) is 59.2 cm³/mol. The average molecular weight is 219 g/mol. The Balaban J connectivity index is 2.29. The number of rotatable bonds is 2. The van der Waals surface area contributed by atoms with E-state index in [2.05, 4.69) is 5.32 Å². The molecule has 0 spiro atoms. The zero-order valence-electron chi connectivity index (χ0n) is 9.15. The summed E-state index contributed by atoms with van der Waals surface area (Å²) in [6.45, 7) is 1.74. The molecule has 1 aromatic rings. The third kappa shape index (κ3) is 1.62. The van der Waals surface area contributed by atoms with Gasteiger partial charge in [-0.05, 0) is 24.6 Å². The molecule has 84 valence electrons. The molecule has 0 bridgehead atoms. The van der Waals surface area contributed by atoms with Gasteiger partial charge >= 0.3 is 0 Å². The number of hydrogen-bond acceptors (Lipinski definition) is 3. The summed E-state index contributed by atoms with van der Waals surface area (Å²) in [5.41, 5.74) is 1.57. The maximum absolute atomic E-state index is 11.2. The first-order valence-corrected chi connectivity index (χ1v) is 4.98. The third-order valence-corrected chi connectivity index (χ3v) is 2.75. The van der Waals surface area contributed by atoms with Crippen molar-refractivity contribution in [2.24, 2.45) is 0 Å². The van der Waals surface area contributed by atoms with E-state index in [0.29, 0.717) is 5.57 Å². The molecule has 0 fully saturated rings. The van der Waals surface area contributed by atoms with Crippen molar-refractivity contribution in [3.05, 3.63) is 41.2 Å². The van der Waals surface area contributed by atoms with Crippen LogP contribution in [0.2, 0.25) is 0 Å². The number of hydrogen-bond donors (Lipinski definition) is 2. The summed E-state index contributed by atoms with van der Waals surface area (Å²) in [6, 6.07) is 7.14. The first kappa shape index (κ1) is 10.5. The van der Waals surface area contributed by atoms with Gasteiger partial charge in [-0.25, -0.2) is 0 Å². The van der Waals surface area contributed by atoms with Gasteiger partial charge in [0.25, 0.3) is 5.91 Å². The molecule has 2 N–H and O–H groups in total. The van der Waals surface area contributed by atoms with E-state index in [9.17, 15) is 9.90 Å². The van der Waals surface area contributed by atoms with E-state index in [1.165, 1.54) is 0 Å². The van der Waals surface area contributed by atoms with Crippen LogP contribution in [-0.2, 0) is 4.79 Å². The highest BCUT2D eigenvalue weighted by Crippen LogP contribution is 2.29. The Morgan fingerprint density at radius 3 is 2.38 bits per heavy atom. The standard InChI is InChI=1S/C12H13NO3/c1-7-10(13-12(15)11(7)14)8-3-5-9(16-2)6-4-8/h3-6,10,14H,1-2H3,(H,13,15). The summed E-state index contributed by atoms with van der Waals surface area (Å²) in [5, 5.41) is 12.1.